The third-order valence-electron chi connectivity index (χ3n) is 2.64. The number of aromatic carboxylic acids is 1. The number of aromatic nitrogens is 2. The molecule has 0 amide bonds. The lowest BCUT2D eigenvalue weighted by Crippen LogP contribution is -2.12. The minimum Gasteiger partial charge on any atom is -0.493 e. The molecule has 1 aromatic carbocycles. The number of anilines is 1. The highest BCUT2D eigenvalue weighted by Gasteiger charge is 2.12. The zero-order valence-corrected chi connectivity index (χ0v) is 11.9. The van der Waals surface area contributed by atoms with E-state index in [-0.39, 0.29) is 5.56 Å². The number of hydrogen-bond acceptors (Lipinski definition) is 6. The van der Waals surface area contributed by atoms with E-state index in [9.17, 15) is 4.79 Å². The molecule has 2 aromatic rings. The molecule has 0 saturated heterocycles. The molecule has 0 aliphatic carbocycles. The summed E-state index contributed by atoms with van der Waals surface area (Å²) < 4.78 is 10.8. The molecule has 0 aliphatic rings. The van der Waals surface area contributed by atoms with E-state index in [0.717, 1.165) is 0 Å². The van der Waals surface area contributed by atoms with Gasteiger partial charge in [0.25, 0.3) is 0 Å². The SMILES string of the molecule is COc1cc(C(=O)O)ccc1Oc1ccnc(N(C)C)n1. The molecule has 110 valence electrons. The summed E-state index contributed by atoms with van der Waals surface area (Å²) in [6.07, 6.45) is 1.58. The van der Waals surface area contributed by atoms with Gasteiger partial charge in [-0.15, -0.1) is 0 Å². The van der Waals surface area contributed by atoms with Gasteiger partial charge in [-0.05, 0) is 18.2 Å². The van der Waals surface area contributed by atoms with Crippen LogP contribution in [0.5, 0.6) is 17.4 Å². The normalized spacial score (nSPS) is 10.0. The Morgan fingerprint density at radius 1 is 1.24 bits per heavy atom. The van der Waals surface area contributed by atoms with Crippen molar-refractivity contribution in [1.29, 1.82) is 0 Å². The number of ether oxygens (including phenoxy) is 2. The number of carboxylic acids is 1. The Kier molecular flexibility index (Phi) is 4.22. The molecule has 0 unspecified atom stereocenters. The van der Waals surface area contributed by atoms with Crippen LogP contribution in [0.1, 0.15) is 10.4 Å². The van der Waals surface area contributed by atoms with Gasteiger partial charge in [0.1, 0.15) is 0 Å². The minimum atomic E-state index is -1.03. The maximum Gasteiger partial charge on any atom is 0.335 e. The Hall–Kier alpha value is -2.83. The molecule has 0 bridgehead atoms. The third-order valence-corrected chi connectivity index (χ3v) is 2.64. The molecule has 0 saturated carbocycles. The van der Waals surface area contributed by atoms with Crippen LogP contribution in [-0.2, 0) is 0 Å². The van der Waals surface area contributed by atoms with E-state index in [1.165, 1.54) is 25.3 Å². The maximum absolute atomic E-state index is 10.9. The van der Waals surface area contributed by atoms with Crippen LogP contribution in [0.2, 0.25) is 0 Å². The number of benzene rings is 1. The van der Waals surface area contributed by atoms with Crippen molar-refractivity contribution in [3.8, 4) is 17.4 Å². The van der Waals surface area contributed by atoms with Crippen LogP contribution < -0.4 is 14.4 Å². The van der Waals surface area contributed by atoms with Gasteiger partial charge in [0.2, 0.25) is 11.8 Å². The predicted octanol–water partition coefficient (Wildman–Crippen LogP) is 2.04. The van der Waals surface area contributed by atoms with Gasteiger partial charge in [-0.25, -0.2) is 9.78 Å². The van der Waals surface area contributed by atoms with E-state index in [1.807, 2.05) is 14.1 Å². The molecule has 7 nitrogen and oxygen atoms in total. The molecule has 0 atom stereocenters. The van der Waals surface area contributed by atoms with Crippen LogP contribution >= 0.6 is 0 Å². The summed E-state index contributed by atoms with van der Waals surface area (Å²) in [6, 6.07) is 5.97. The molecule has 7 heteroatoms. The van der Waals surface area contributed by atoms with Crippen molar-refractivity contribution in [3.63, 3.8) is 0 Å². The highest BCUT2D eigenvalue weighted by atomic mass is 16.5. The van der Waals surface area contributed by atoms with Crippen molar-refractivity contribution in [3.05, 3.63) is 36.0 Å². The Morgan fingerprint density at radius 3 is 2.62 bits per heavy atom. The zero-order valence-electron chi connectivity index (χ0n) is 11.9. The molecule has 21 heavy (non-hydrogen) atoms. The van der Waals surface area contributed by atoms with E-state index in [2.05, 4.69) is 9.97 Å². The van der Waals surface area contributed by atoms with Crippen molar-refractivity contribution in [2.45, 2.75) is 0 Å². The fourth-order valence-electron chi connectivity index (χ4n) is 1.60. The summed E-state index contributed by atoms with van der Waals surface area (Å²) in [4.78, 5) is 21.0. The molecule has 1 aromatic heterocycles. The smallest absolute Gasteiger partial charge is 0.335 e. The van der Waals surface area contributed by atoms with Crippen molar-refractivity contribution >= 4 is 11.9 Å². The van der Waals surface area contributed by atoms with E-state index < -0.39 is 5.97 Å². The molecule has 2 rings (SSSR count). The molecule has 1 N–H and O–H groups in total. The van der Waals surface area contributed by atoms with Crippen LogP contribution in [-0.4, -0.2) is 42.2 Å². The van der Waals surface area contributed by atoms with Crippen LogP contribution in [0, 0.1) is 0 Å². The minimum absolute atomic E-state index is 0.121. The molecule has 1 heterocycles. The van der Waals surface area contributed by atoms with Crippen LogP contribution in [0.3, 0.4) is 0 Å². The lowest BCUT2D eigenvalue weighted by atomic mass is 10.2. The summed E-state index contributed by atoms with van der Waals surface area (Å²) >= 11 is 0. The number of nitrogens with zero attached hydrogens (tertiary/aromatic N) is 3. The Labute approximate surface area is 121 Å². The van der Waals surface area contributed by atoms with Crippen LogP contribution in [0.15, 0.2) is 30.5 Å². The number of hydrogen-bond donors (Lipinski definition) is 1. The summed E-state index contributed by atoms with van der Waals surface area (Å²) in [5.74, 6) is 0.520. The van der Waals surface area contributed by atoms with Crippen molar-refractivity contribution in [2.75, 3.05) is 26.1 Å². The zero-order chi connectivity index (χ0) is 15.4. The first-order valence-corrected chi connectivity index (χ1v) is 6.11. The number of methoxy groups -OCH3 is 1. The first kappa shape index (κ1) is 14.6. The lowest BCUT2D eigenvalue weighted by molar-refractivity contribution is 0.0696. The summed E-state index contributed by atoms with van der Waals surface area (Å²) in [7, 11) is 5.09. The van der Waals surface area contributed by atoms with Gasteiger partial charge in [-0.3, -0.25) is 0 Å². The van der Waals surface area contributed by atoms with E-state index in [0.29, 0.717) is 23.3 Å². The van der Waals surface area contributed by atoms with Crippen LogP contribution in [0.4, 0.5) is 5.95 Å². The largest absolute Gasteiger partial charge is 0.493 e. The summed E-state index contributed by atoms with van der Waals surface area (Å²) in [5.41, 5.74) is 0.121. The highest BCUT2D eigenvalue weighted by Crippen LogP contribution is 2.31. The molecular weight excluding hydrogens is 274 g/mol. The monoisotopic (exact) mass is 289 g/mol. The van der Waals surface area contributed by atoms with Gasteiger partial charge < -0.3 is 19.5 Å². The quantitative estimate of drug-likeness (QED) is 0.901. The van der Waals surface area contributed by atoms with Gasteiger partial charge >= 0.3 is 5.97 Å². The number of rotatable bonds is 5. The second-order valence-corrected chi connectivity index (χ2v) is 4.36. The summed E-state index contributed by atoms with van der Waals surface area (Å²) in [6.45, 7) is 0. The third kappa shape index (κ3) is 3.38. The van der Waals surface area contributed by atoms with E-state index in [1.54, 1.807) is 17.2 Å². The topological polar surface area (TPSA) is 84.8 Å². The Morgan fingerprint density at radius 2 is 2.00 bits per heavy atom. The average molecular weight is 289 g/mol. The number of carbonyl (C=O) groups is 1. The molecule has 0 spiro atoms. The second-order valence-electron chi connectivity index (χ2n) is 4.36. The van der Waals surface area contributed by atoms with Crippen molar-refractivity contribution in [1.82, 2.24) is 9.97 Å². The van der Waals surface area contributed by atoms with Gasteiger partial charge in [0.05, 0.1) is 12.7 Å². The summed E-state index contributed by atoms with van der Waals surface area (Å²) in [5, 5.41) is 8.96. The number of carboxylic acid groups (broad SMARTS) is 1. The standard InChI is InChI=1S/C14H15N3O4/c1-17(2)14-15-7-6-12(16-14)21-10-5-4-9(13(18)19)8-11(10)20-3/h4-8H,1-3H3,(H,18,19). The van der Waals surface area contributed by atoms with E-state index in [4.69, 9.17) is 14.6 Å². The second kappa shape index (κ2) is 6.08. The first-order chi connectivity index (χ1) is 10.0. The maximum atomic E-state index is 10.9. The van der Waals surface area contributed by atoms with Gasteiger partial charge in [0.15, 0.2) is 11.5 Å². The molecule has 0 fully saturated rings. The Balaban J connectivity index is 2.31. The molecule has 0 aliphatic heterocycles. The van der Waals surface area contributed by atoms with Gasteiger partial charge in [0, 0.05) is 26.4 Å². The van der Waals surface area contributed by atoms with Gasteiger partial charge in [-0.2, -0.15) is 4.98 Å². The van der Waals surface area contributed by atoms with Crippen molar-refractivity contribution in [2.24, 2.45) is 0 Å². The fraction of sp³-hybridized carbons (Fsp3) is 0.214. The van der Waals surface area contributed by atoms with E-state index >= 15 is 0 Å². The lowest BCUT2D eigenvalue weighted by Gasteiger charge is -2.13. The van der Waals surface area contributed by atoms with Crippen LogP contribution in [0.25, 0.3) is 0 Å². The Bertz CT molecular complexity index is 658. The van der Waals surface area contributed by atoms with Crippen molar-refractivity contribution < 1.29 is 19.4 Å². The molecule has 0 radical (unpaired) electrons. The fourth-order valence-corrected chi connectivity index (χ4v) is 1.60. The molecular formula is C14H15N3O4. The predicted molar refractivity (Wildman–Crippen MR) is 76.4 cm³/mol. The van der Waals surface area contributed by atoms with Gasteiger partial charge in [-0.1, -0.05) is 0 Å². The first-order valence-electron chi connectivity index (χ1n) is 6.11. The average Bonchev–Trinajstić information content (AvgIpc) is 2.47. The highest BCUT2D eigenvalue weighted by molar-refractivity contribution is 5.88.